The number of nitrogens with one attached hydrogen (secondary N) is 2. The number of hydrogen-bond donors (Lipinski definition) is 2. The van der Waals surface area contributed by atoms with E-state index < -0.39 is 0 Å². The summed E-state index contributed by atoms with van der Waals surface area (Å²) in [5, 5.41) is 6.50. The Kier molecular flexibility index (Phi) is 5.15. The summed E-state index contributed by atoms with van der Waals surface area (Å²) < 4.78 is 0. The van der Waals surface area contributed by atoms with E-state index in [2.05, 4.69) is 34.6 Å². The SMILES string of the molecule is CC1CNCC1C(=O)NC(CN(C)C)c1ccccc1. The van der Waals surface area contributed by atoms with E-state index >= 15 is 0 Å². The highest BCUT2D eigenvalue weighted by molar-refractivity contribution is 5.80. The molecule has 1 aromatic rings. The first-order chi connectivity index (χ1) is 9.58. The molecule has 1 amide bonds. The molecule has 3 unspecified atom stereocenters. The van der Waals surface area contributed by atoms with Gasteiger partial charge in [-0.3, -0.25) is 4.79 Å². The first kappa shape index (κ1) is 15.0. The van der Waals surface area contributed by atoms with E-state index in [0.29, 0.717) is 5.92 Å². The molecule has 4 nitrogen and oxygen atoms in total. The molecule has 0 aliphatic carbocycles. The van der Waals surface area contributed by atoms with Gasteiger partial charge in [0.15, 0.2) is 0 Å². The Labute approximate surface area is 121 Å². The van der Waals surface area contributed by atoms with Crippen LogP contribution in [0.4, 0.5) is 0 Å². The van der Waals surface area contributed by atoms with Crippen molar-refractivity contribution < 1.29 is 4.79 Å². The van der Waals surface area contributed by atoms with Gasteiger partial charge in [0.2, 0.25) is 5.91 Å². The Balaban J connectivity index is 2.06. The molecular weight excluding hydrogens is 250 g/mol. The van der Waals surface area contributed by atoms with Crippen molar-refractivity contribution in [2.75, 3.05) is 33.7 Å². The summed E-state index contributed by atoms with van der Waals surface area (Å²) in [6.07, 6.45) is 0. The van der Waals surface area contributed by atoms with Crippen molar-refractivity contribution in [1.29, 1.82) is 0 Å². The van der Waals surface area contributed by atoms with Crippen molar-refractivity contribution in [3.8, 4) is 0 Å². The molecule has 3 atom stereocenters. The lowest BCUT2D eigenvalue weighted by atomic mass is 9.96. The van der Waals surface area contributed by atoms with Gasteiger partial charge in [-0.1, -0.05) is 37.3 Å². The first-order valence-corrected chi connectivity index (χ1v) is 7.28. The van der Waals surface area contributed by atoms with Gasteiger partial charge in [-0.25, -0.2) is 0 Å². The Morgan fingerprint density at radius 3 is 2.60 bits per heavy atom. The molecule has 0 radical (unpaired) electrons. The van der Waals surface area contributed by atoms with E-state index in [1.807, 2.05) is 32.3 Å². The fourth-order valence-electron chi connectivity index (χ4n) is 2.72. The van der Waals surface area contributed by atoms with Crippen molar-refractivity contribution >= 4 is 5.91 Å². The predicted octanol–water partition coefficient (Wildman–Crippen LogP) is 1.26. The zero-order valence-corrected chi connectivity index (χ0v) is 12.6. The molecule has 1 fully saturated rings. The van der Waals surface area contributed by atoms with Crippen LogP contribution < -0.4 is 10.6 Å². The highest BCUT2D eigenvalue weighted by Crippen LogP contribution is 2.19. The molecule has 0 aromatic heterocycles. The fourth-order valence-corrected chi connectivity index (χ4v) is 2.72. The normalized spacial score (nSPS) is 23.8. The first-order valence-electron chi connectivity index (χ1n) is 7.28. The van der Waals surface area contributed by atoms with Gasteiger partial charge in [-0.05, 0) is 32.1 Å². The number of rotatable bonds is 5. The molecule has 4 heteroatoms. The molecular formula is C16H25N3O. The second-order valence-electron chi connectivity index (χ2n) is 5.98. The van der Waals surface area contributed by atoms with Gasteiger partial charge in [-0.15, -0.1) is 0 Å². The van der Waals surface area contributed by atoms with Gasteiger partial charge in [0.25, 0.3) is 0 Å². The Morgan fingerprint density at radius 1 is 1.35 bits per heavy atom. The molecule has 110 valence electrons. The summed E-state index contributed by atoms with van der Waals surface area (Å²) in [7, 11) is 4.06. The summed E-state index contributed by atoms with van der Waals surface area (Å²) in [5.41, 5.74) is 1.16. The zero-order valence-electron chi connectivity index (χ0n) is 12.6. The van der Waals surface area contributed by atoms with E-state index in [1.54, 1.807) is 0 Å². The molecule has 1 aromatic carbocycles. The third kappa shape index (κ3) is 3.81. The molecule has 1 aliphatic heterocycles. The highest BCUT2D eigenvalue weighted by atomic mass is 16.2. The summed E-state index contributed by atoms with van der Waals surface area (Å²) in [5.74, 6) is 0.660. The minimum atomic E-state index is 0.0477. The summed E-state index contributed by atoms with van der Waals surface area (Å²) >= 11 is 0. The molecule has 0 spiro atoms. The number of carbonyl (C=O) groups is 1. The Morgan fingerprint density at radius 2 is 2.05 bits per heavy atom. The molecule has 0 saturated carbocycles. The number of amides is 1. The van der Waals surface area contributed by atoms with Gasteiger partial charge >= 0.3 is 0 Å². The molecule has 1 heterocycles. The average Bonchev–Trinajstić information content (AvgIpc) is 2.85. The van der Waals surface area contributed by atoms with Gasteiger partial charge in [-0.2, -0.15) is 0 Å². The van der Waals surface area contributed by atoms with Gasteiger partial charge in [0.05, 0.1) is 12.0 Å². The average molecular weight is 275 g/mol. The summed E-state index contributed by atoms with van der Waals surface area (Å²) in [6.45, 7) is 4.66. The van der Waals surface area contributed by atoms with E-state index in [1.165, 1.54) is 0 Å². The second-order valence-corrected chi connectivity index (χ2v) is 5.98. The summed E-state index contributed by atoms with van der Waals surface area (Å²) in [6, 6.07) is 10.2. The molecule has 1 aliphatic rings. The van der Waals surface area contributed by atoms with E-state index in [-0.39, 0.29) is 17.9 Å². The van der Waals surface area contributed by atoms with Crippen molar-refractivity contribution in [2.45, 2.75) is 13.0 Å². The smallest absolute Gasteiger partial charge is 0.225 e. The minimum Gasteiger partial charge on any atom is -0.348 e. The van der Waals surface area contributed by atoms with Crippen LogP contribution in [0.2, 0.25) is 0 Å². The Hall–Kier alpha value is -1.39. The Bertz CT molecular complexity index is 433. The topological polar surface area (TPSA) is 44.4 Å². The second kappa shape index (κ2) is 6.86. The zero-order chi connectivity index (χ0) is 14.5. The number of hydrogen-bond acceptors (Lipinski definition) is 3. The van der Waals surface area contributed by atoms with Crippen molar-refractivity contribution in [1.82, 2.24) is 15.5 Å². The standard InChI is InChI=1S/C16H25N3O/c1-12-9-17-10-14(12)16(20)18-15(11-19(2)3)13-7-5-4-6-8-13/h4-8,12,14-15,17H,9-11H2,1-3H3,(H,18,20). The minimum absolute atomic E-state index is 0.0477. The maximum absolute atomic E-state index is 12.5. The lowest BCUT2D eigenvalue weighted by molar-refractivity contribution is -0.126. The van der Waals surface area contributed by atoms with Crippen LogP contribution in [-0.2, 0) is 4.79 Å². The van der Waals surface area contributed by atoms with Crippen LogP contribution in [0.1, 0.15) is 18.5 Å². The monoisotopic (exact) mass is 275 g/mol. The summed E-state index contributed by atoms with van der Waals surface area (Å²) in [4.78, 5) is 14.6. The van der Waals surface area contributed by atoms with E-state index in [4.69, 9.17) is 0 Å². The number of nitrogens with zero attached hydrogens (tertiary/aromatic N) is 1. The lowest BCUT2D eigenvalue weighted by Gasteiger charge is -2.25. The molecule has 1 saturated heterocycles. The lowest BCUT2D eigenvalue weighted by Crippen LogP contribution is -2.40. The molecule has 2 rings (SSSR count). The van der Waals surface area contributed by atoms with Crippen molar-refractivity contribution in [3.05, 3.63) is 35.9 Å². The van der Waals surface area contributed by atoms with Gasteiger partial charge in [0.1, 0.15) is 0 Å². The van der Waals surface area contributed by atoms with Crippen LogP contribution in [0, 0.1) is 11.8 Å². The highest BCUT2D eigenvalue weighted by Gasteiger charge is 2.30. The van der Waals surface area contributed by atoms with Crippen molar-refractivity contribution in [3.63, 3.8) is 0 Å². The molecule has 2 N–H and O–H groups in total. The third-order valence-corrected chi connectivity index (χ3v) is 3.92. The van der Waals surface area contributed by atoms with Gasteiger partial charge in [0, 0.05) is 13.1 Å². The predicted molar refractivity (Wildman–Crippen MR) is 81.4 cm³/mol. The largest absolute Gasteiger partial charge is 0.348 e. The number of carbonyl (C=O) groups excluding carboxylic acids is 1. The fraction of sp³-hybridized carbons (Fsp3) is 0.562. The molecule has 0 bridgehead atoms. The maximum atomic E-state index is 12.5. The van der Waals surface area contributed by atoms with Gasteiger partial charge < -0.3 is 15.5 Å². The third-order valence-electron chi connectivity index (χ3n) is 3.92. The van der Waals surface area contributed by atoms with Crippen LogP contribution in [-0.4, -0.2) is 44.5 Å². The number of benzene rings is 1. The van der Waals surface area contributed by atoms with Crippen LogP contribution >= 0.6 is 0 Å². The van der Waals surface area contributed by atoms with Crippen molar-refractivity contribution in [2.24, 2.45) is 11.8 Å². The van der Waals surface area contributed by atoms with Crippen LogP contribution in [0.15, 0.2) is 30.3 Å². The van der Waals surface area contributed by atoms with E-state index in [9.17, 15) is 4.79 Å². The quantitative estimate of drug-likeness (QED) is 0.850. The number of likely N-dealkylation sites (N-methyl/N-ethyl adjacent to an activating group) is 1. The van der Waals surface area contributed by atoms with Crippen LogP contribution in [0.3, 0.4) is 0 Å². The van der Waals surface area contributed by atoms with E-state index in [0.717, 1.165) is 25.2 Å². The van der Waals surface area contributed by atoms with Crippen LogP contribution in [0.5, 0.6) is 0 Å². The van der Waals surface area contributed by atoms with Crippen LogP contribution in [0.25, 0.3) is 0 Å². The molecule has 20 heavy (non-hydrogen) atoms. The maximum Gasteiger partial charge on any atom is 0.225 e.